The van der Waals surface area contributed by atoms with Crippen molar-refractivity contribution >= 4 is 0 Å². The van der Waals surface area contributed by atoms with E-state index in [2.05, 4.69) is 38.1 Å². The number of hydrogen-bond acceptors (Lipinski definition) is 1. The van der Waals surface area contributed by atoms with E-state index in [1.165, 1.54) is 11.1 Å². The summed E-state index contributed by atoms with van der Waals surface area (Å²) in [6, 6.07) is 8.96. The van der Waals surface area contributed by atoms with Crippen molar-refractivity contribution in [1.82, 2.24) is 0 Å². The molecule has 0 aliphatic carbocycles. The molecule has 1 aromatic rings. The highest BCUT2D eigenvalue weighted by Crippen LogP contribution is 2.23. The zero-order valence-corrected chi connectivity index (χ0v) is 8.99. The van der Waals surface area contributed by atoms with Gasteiger partial charge in [-0.2, -0.15) is 0 Å². The van der Waals surface area contributed by atoms with E-state index in [0.29, 0.717) is 12.0 Å². The van der Waals surface area contributed by atoms with Gasteiger partial charge in [0.1, 0.15) is 0 Å². The Morgan fingerprint density at radius 3 is 2.36 bits per heavy atom. The highest BCUT2D eigenvalue weighted by Gasteiger charge is 2.29. The maximum atomic E-state index is 5.29. The first kappa shape index (κ1) is 9.72. The molecule has 1 heterocycles. The van der Waals surface area contributed by atoms with Gasteiger partial charge in [-0.1, -0.05) is 38.1 Å². The molecule has 1 unspecified atom stereocenters. The summed E-state index contributed by atoms with van der Waals surface area (Å²) >= 11 is 0. The molecule has 1 saturated heterocycles. The van der Waals surface area contributed by atoms with Gasteiger partial charge in [-0.25, -0.2) is 0 Å². The Kier molecular flexibility index (Phi) is 2.87. The molecule has 14 heavy (non-hydrogen) atoms. The first-order valence-corrected chi connectivity index (χ1v) is 5.49. The van der Waals surface area contributed by atoms with Crippen LogP contribution in [0.15, 0.2) is 24.3 Å². The molecule has 2 rings (SSSR count). The van der Waals surface area contributed by atoms with Gasteiger partial charge in [-0.3, -0.25) is 0 Å². The monoisotopic (exact) mass is 190 g/mol. The van der Waals surface area contributed by atoms with Crippen molar-refractivity contribution in [1.29, 1.82) is 0 Å². The fraction of sp³-hybridized carbons (Fsp3) is 0.538. The van der Waals surface area contributed by atoms with Gasteiger partial charge in [-0.15, -0.1) is 0 Å². The molecular weight excluding hydrogens is 172 g/mol. The topological polar surface area (TPSA) is 12.5 Å². The van der Waals surface area contributed by atoms with Crippen molar-refractivity contribution in [2.75, 3.05) is 6.61 Å². The lowest BCUT2D eigenvalue weighted by atomic mass is 9.97. The SMILES string of the molecule is CCc1ccc(CC(C)[C@H]2CO2)cc1. The van der Waals surface area contributed by atoms with Crippen LogP contribution in [0.5, 0.6) is 0 Å². The minimum atomic E-state index is 0.529. The number of ether oxygens (including phenoxy) is 1. The fourth-order valence-electron chi connectivity index (χ4n) is 1.80. The maximum Gasteiger partial charge on any atom is 0.0838 e. The Balaban J connectivity index is 1.95. The first-order valence-electron chi connectivity index (χ1n) is 5.49. The van der Waals surface area contributed by atoms with Crippen LogP contribution < -0.4 is 0 Å². The third-order valence-corrected chi connectivity index (χ3v) is 2.98. The van der Waals surface area contributed by atoms with Crippen LogP contribution in [-0.2, 0) is 17.6 Å². The highest BCUT2D eigenvalue weighted by molar-refractivity contribution is 5.23. The standard InChI is InChI=1S/C13H18O/c1-3-11-4-6-12(7-5-11)8-10(2)13-9-14-13/h4-7,10,13H,3,8-9H2,1-2H3/t10?,13-/m1/s1. The van der Waals surface area contributed by atoms with Crippen molar-refractivity contribution in [3.63, 3.8) is 0 Å². The van der Waals surface area contributed by atoms with Gasteiger partial charge in [0.05, 0.1) is 12.7 Å². The van der Waals surface area contributed by atoms with Crippen molar-refractivity contribution in [3.05, 3.63) is 35.4 Å². The lowest BCUT2D eigenvalue weighted by Crippen LogP contribution is -2.06. The first-order chi connectivity index (χ1) is 6.79. The lowest BCUT2D eigenvalue weighted by Gasteiger charge is -2.08. The molecule has 0 spiro atoms. The smallest absolute Gasteiger partial charge is 0.0838 e. The van der Waals surface area contributed by atoms with Crippen LogP contribution in [0.2, 0.25) is 0 Å². The van der Waals surface area contributed by atoms with Gasteiger partial charge in [0.2, 0.25) is 0 Å². The number of hydrogen-bond donors (Lipinski definition) is 0. The van der Waals surface area contributed by atoms with E-state index in [1.807, 2.05) is 0 Å². The second-order valence-electron chi connectivity index (χ2n) is 4.22. The van der Waals surface area contributed by atoms with Crippen LogP contribution in [0, 0.1) is 5.92 Å². The average Bonchev–Trinajstić information content (AvgIpc) is 3.02. The molecule has 0 bridgehead atoms. The van der Waals surface area contributed by atoms with E-state index in [4.69, 9.17) is 4.74 Å². The number of aryl methyl sites for hydroxylation is 1. The van der Waals surface area contributed by atoms with Crippen LogP contribution in [0.4, 0.5) is 0 Å². The summed E-state index contributed by atoms with van der Waals surface area (Å²) in [5.74, 6) is 0.669. The van der Waals surface area contributed by atoms with Crippen molar-refractivity contribution in [2.45, 2.75) is 32.8 Å². The van der Waals surface area contributed by atoms with E-state index in [-0.39, 0.29) is 0 Å². The highest BCUT2D eigenvalue weighted by atomic mass is 16.6. The van der Waals surface area contributed by atoms with Crippen LogP contribution in [0.3, 0.4) is 0 Å². The summed E-state index contributed by atoms with van der Waals surface area (Å²) < 4.78 is 5.29. The Morgan fingerprint density at radius 2 is 1.86 bits per heavy atom. The zero-order chi connectivity index (χ0) is 9.97. The molecule has 76 valence electrons. The predicted octanol–water partition coefficient (Wildman–Crippen LogP) is 2.83. The minimum absolute atomic E-state index is 0.529. The molecule has 0 amide bonds. The molecule has 1 aliphatic heterocycles. The fourth-order valence-corrected chi connectivity index (χ4v) is 1.80. The second-order valence-corrected chi connectivity index (χ2v) is 4.22. The summed E-state index contributed by atoms with van der Waals surface area (Å²) in [6.45, 7) is 5.43. The molecule has 0 N–H and O–H groups in total. The summed E-state index contributed by atoms with van der Waals surface area (Å²) in [5.41, 5.74) is 2.86. The van der Waals surface area contributed by atoms with Crippen LogP contribution in [0.1, 0.15) is 25.0 Å². The summed E-state index contributed by atoms with van der Waals surface area (Å²) in [5, 5.41) is 0. The minimum Gasteiger partial charge on any atom is -0.373 e. The van der Waals surface area contributed by atoms with E-state index in [1.54, 1.807) is 0 Å². The van der Waals surface area contributed by atoms with Gasteiger partial charge in [0.15, 0.2) is 0 Å². The lowest BCUT2D eigenvalue weighted by molar-refractivity contribution is 0.341. The van der Waals surface area contributed by atoms with Crippen molar-refractivity contribution < 1.29 is 4.74 Å². The molecule has 0 aromatic heterocycles. The van der Waals surface area contributed by atoms with E-state index in [9.17, 15) is 0 Å². The third kappa shape index (κ3) is 2.36. The van der Waals surface area contributed by atoms with Gasteiger partial charge in [0.25, 0.3) is 0 Å². The largest absolute Gasteiger partial charge is 0.373 e. The van der Waals surface area contributed by atoms with Gasteiger partial charge in [-0.05, 0) is 29.9 Å². The summed E-state index contributed by atoms with van der Waals surface area (Å²) in [6.07, 6.45) is 2.80. The molecule has 0 saturated carbocycles. The Morgan fingerprint density at radius 1 is 1.29 bits per heavy atom. The Hall–Kier alpha value is -0.820. The Bertz CT molecular complexity index is 285. The third-order valence-electron chi connectivity index (χ3n) is 2.98. The van der Waals surface area contributed by atoms with Gasteiger partial charge >= 0.3 is 0 Å². The van der Waals surface area contributed by atoms with Gasteiger partial charge < -0.3 is 4.74 Å². The molecule has 0 radical (unpaired) electrons. The molecule has 1 heteroatoms. The second kappa shape index (κ2) is 4.14. The number of epoxide rings is 1. The molecule has 1 aromatic carbocycles. The molecule has 1 aliphatic rings. The van der Waals surface area contributed by atoms with Gasteiger partial charge in [0, 0.05) is 0 Å². The quantitative estimate of drug-likeness (QED) is 0.665. The van der Waals surface area contributed by atoms with E-state index >= 15 is 0 Å². The van der Waals surface area contributed by atoms with Crippen molar-refractivity contribution in [3.8, 4) is 0 Å². The Labute approximate surface area is 86.1 Å². The molecule has 1 fully saturated rings. The van der Waals surface area contributed by atoms with Crippen LogP contribution >= 0.6 is 0 Å². The molecule has 2 atom stereocenters. The number of benzene rings is 1. The maximum absolute atomic E-state index is 5.29. The molecule has 1 nitrogen and oxygen atoms in total. The van der Waals surface area contributed by atoms with E-state index < -0.39 is 0 Å². The summed E-state index contributed by atoms with van der Waals surface area (Å²) in [4.78, 5) is 0. The predicted molar refractivity (Wildman–Crippen MR) is 58.4 cm³/mol. The van der Waals surface area contributed by atoms with E-state index in [0.717, 1.165) is 19.4 Å². The normalized spacial score (nSPS) is 22.0. The van der Waals surface area contributed by atoms with Crippen molar-refractivity contribution in [2.24, 2.45) is 5.92 Å². The number of rotatable bonds is 4. The van der Waals surface area contributed by atoms with Crippen LogP contribution in [-0.4, -0.2) is 12.7 Å². The van der Waals surface area contributed by atoms with Crippen LogP contribution in [0.25, 0.3) is 0 Å². The summed E-state index contributed by atoms with van der Waals surface area (Å²) in [7, 11) is 0. The zero-order valence-electron chi connectivity index (χ0n) is 8.99. The average molecular weight is 190 g/mol. The molecular formula is C13H18O.